The molecular formula is C18H24N2O6S2. The van der Waals surface area contributed by atoms with Crippen LogP contribution in [0.1, 0.15) is 38.5 Å². The van der Waals surface area contributed by atoms with Crippen molar-refractivity contribution >= 4 is 33.4 Å². The molecule has 2 spiro atoms. The van der Waals surface area contributed by atoms with E-state index in [1.807, 2.05) is 0 Å². The summed E-state index contributed by atoms with van der Waals surface area (Å²) in [7, 11) is 2.75. The first-order chi connectivity index (χ1) is 13.3. The zero-order valence-electron chi connectivity index (χ0n) is 15.2. The SMILES string of the molecule is O=C1N2[C@H]3[C@H](C[C@]24SS[C@]12C[C@H]1[C@@H]([C@@H](O)CC[C@@H]1O)N2C4=O)[C@@H](O)CC[C@@H]3O. The number of rotatable bonds is 0. The van der Waals surface area contributed by atoms with Crippen molar-refractivity contribution in [2.75, 3.05) is 0 Å². The molecule has 7 fully saturated rings. The van der Waals surface area contributed by atoms with Gasteiger partial charge in [0.1, 0.15) is 0 Å². The number of hydrogen-bond donors (Lipinski definition) is 4. The van der Waals surface area contributed by atoms with Crippen LogP contribution in [0.2, 0.25) is 0 Å². The van der Waals surface area contributed by atoms with Gasteiger partial charge < -0.3 is 30.2 Å². The molecule has 0 unspecified atom stereocenters. The summed E-state index contributed by atoms with van der Waals surface area (Å²) >= 11 is 0. The first-order valence-corrected chi connectivity index (χ1v) is 12.2. The molecule has 5 aliphatic heterocycles. The van der Waals surface area contributed by atoms with Gasteiger partial charge in [-0.2, -0.15) is 0 Å². The lowest BCUT2D eigenvalue weighted by molar-refractivity contribution is -0.172. The number of carbonyl (C=O) groups excluding carboxylic acids is 2. The van der Waals surface area contributed by atoms with Crippen molar-refractivity contribution in [3.05, 3.63) is 0 Å². The van der Waals surface area contributed by atoms with Gasteiger partial charge in [-0.1, -0.05) is 21.6 Å². The Bertz CT molecular complexity index is 708. The Hall–Kier alpha value is -0.520. The Morgan fingerprint density at radius 1 is 0.679 bits per heavy atom. The van der Waals surface area contributed by atoms with E-state index in [9.17, 15) is 30.0 Å². The standard InChI is InChI=1S/C18H24N2O6S2/c21-9-1-3-11(23)13-7(9)5-17-15(25)20-14-8(10(22)2-4-12(14)24)6-18(20,28-27-17)16(26)19(13)17/h7-14,21-24H,1-6H2/t7-,8-,9+,10+,11+,12+,13+,14+,17-,18-/m1/s1. The Labute approximate surface area is 170 Å². The summed E-state index contributed by atoms with van der Waals surface area (Å²) in [6.07, 6.45) is -0.379. The molecule has 0 aromatic rings. The lowest BCUT2D eigenvalue weighted by Crippen LogP contribution is -2.77. The number of amides is 2. The van der Waals surface area contributed by atoms with E-state index < -0.39 is 46.2 Å². The fourth-order valence-corrected chi connectivity index (χ4v) is 10.6. The van der Waals surface area contributed by atoms with Crippen LogP contribution in [0.4, 0.5) is 0 Å². The number of aliphatic hydroxyl groups is 4. The van der Waals surface area contributed by atoms with Crippen LogP contribution in [0.15, 0.2) is 0 Å². The van der Waals surface area contributed by atoms with Gasteiger partial charge in [-0.15, -0.1) is 0 Å². The van der Waals surface area contributed by atoms with Gasteiger partial charge >= 0.3 is 0 Å². The van der Waals surface area contributed by atoms with Gasteiger partial charge in [0.25, 0.3) is 11.8 Å². The molecule has 7 rings (SSSR count). The summed E-state index contributed by atoms with van der Waals surface area (Å²) in [6.45, 7) is 0. The van der Waals surface area contributed by atoms with Crippen LogP contribution in [0.5, 0.6) is 0 Å². The van der Waals surface area contributed by atoms with Crippen LogP contribution in [0.3, 0.4) is 0 Å². The highest BCUT2D eigenvalue weighted by molar-refractivity contribution is 8.78. The lowest BCUT2D eigenvalue weighted by atomic mass is 9.79. The molecular weight excluding hydrogens is 404 g/mol. The van der Waals surface area contributed by atoms with E-state index in [2.05, 4.69) is 0 Å². The molecule has 0 aromatic heterocycles. The molecule has 154 valence electrons. The molecule has 7 aliphatic rings. The molecule has 5 heterocycles. The molecule has 5 saturated heterocycles. The molecule has 4 N–H and O–H groups in total. The monoisotopic (exact) mass is 428 g/mol. The summed E-state index contributed by atoms with van der Waals surface area (Å²) in [6, 6.07) is -1.10. The van der Waals surface area contributed by atoms with E-state index in [1.165, 1.54) is 21.6 Å². The molecule has 10 atom stereocenters. The van der Waals surface area contributed by atoms with E-state index >= 15 is 0 Å². The second-order valence-corrected chi connectivity index (χ2v) is 11.9. The second kappa shape index (κ2) is 5.59. The van der Waals surface area contributed by atoms with Crippen molar-refractivity contribution in [1.29, 1.82) is 0 Å². The fourth-order valence-electron chi connectivity index (χ4n) is 6.75. The third kappa shape index (κ3) is 1.87. The van der Waals surface area contributed by atoms with Gasteiger partial charge in [-0.25, -0.2) is 0 Å². The zero-order chi connectivity index (χ0) is 19.6. The summed E-state index contributed by atoms with van der Waals surface area (Å²) < 4.78 is 0. The molecule has 2 amide bonds. The molecule has 8 nitrogen and oxygen atoms in total. The van der Waals surface area contributed by atoms with Crippen molar-refractivity contribution in [2.24, 2.45) is 11.8 Å². The van der Waals surface area contributed by atoms with Crippen LogP contribution >= 0.6 is 21.6 Å². The average Bonchev–Trinajstić information content (AvgIpc) is 3.22. The Kier molecular flexibility index (Phi) is 3.64. The topological polar surface area (TPSA) is 122 Å². The molecule has 2 aliphatic carbocycles. The number of hydrogen-bond acceptors (Lipinski definition) is 8. The van der Waals surface area contributed by atoms with Gasteiger partial charge in [0.2, 0.25) is 0 Å². The zero-order valence-corrected chi connectivity index (χ0v) is 16.8. The maximum atomic E-state index is 13.8. The molecule has 28 heavy (non-hydrogen) atoms. The minimum Gasteiger partial charge on any atom is -0.393 e. The number of fused-ring (bicyclic) bond motifs is 3. The smallest absolute Gasteiger partial charge is 0.261 e. The minimum absolute atomic E-state index is 0.203. The van der Waals surface area contributed by atoms with Gasteiger partial charge in [0.05, 0.1) is 36.5 Å². The average molecular weight is 429 g/mol. The highest BCUT2D eigenvalue weighted by Gasteiger charge is 2.79. The molecule has 0 aromatic carbocycles. The van der Waals surface area contributed by atoms with Crippen molar-refractivity contribution in [2.45, 2.75) is 84.8 Å². The van der Waals surface area contributed by atoms with E-state index in [-0.39, 0.29) is 23.7 Å². The third-order valence-corrected chi connectivity index (χ3v) is 11.6. The van der Waals surface area contributed by atoms with Gasteiger partial charge in [0.15, 0.2) is 9.74 Å². The quantitative estimate of drug-likeness (QED) is 0.372. The maximum Gasteiger partial charge on any atom is 0.261 e. The Morgan fingerprint density at radius 2 is 1.04 bits per heavy atom. The first kappa shape index (κ1) is 18.3. The predicted octanol–water partition coefficient (Wildman–Crippen LogP) is -0.747. The van der Waals surface area contributed by atoms with Gasteiger partial charge in [-0.3, -0.25) is 9.59 Å². The highest BCUT2D eigenvalue weighted by Crippen LogP contribution is 2.70. The first-order valence-electron chi connectivity index (χ1n) is 10.1. The summed E-state index contributed by atoms with van der Waals surface area (Å²) in [5.74, 6) is -1.05. The third-order valence-electron chi connectivity index (χ3n) is 7.99. The van der Waals surface area contributed by atoms with Crippen LogP contribution < -0.4 is 0 Å². The van der Waals surface area contributed by atoms with Crippen LogP contribution in [0, 0.1) is 11.8 Å². The maximum absolute atomic E-state index is 13.8. The van der Waals surface area contributed by atoms with Crippen molar-refractivity contribution in [3.63, 3.8) is 0 Å². The van der Waals surface area contributed by atoms with Crippen molar-refractivity contribution in [3.8, 4) is 0 Å². The van der Waals surface area contributed by atoms with Crippen LogP contribution in [-0.4, -0.2) is 88.3 Å². The van der Waals surface area contributed by atoms with Gasteiger partial charge in [-0.05, 0) is 38.5 Å². The lowest BCUT2D eigenvalue weighted by Gasteiger charge is -2.59. The Balaban J connectivity index is 1.49. The van der Waals surface area contributed by atoms with Crippen molar-refractivity contribution in [1.82, 2.24) is 9.80 Å². The van der Waals surface area contributed by atoms with E-state index in [4.69, 9.17) is 0 Å². The number of carbonyl (C=O) groups is 2. The highest BCUT2D eigenvalue weighted by atomic mass is 33.1. The minimum atomic E-state index is -1.14. The summed E-state index contributed by atoms with van der Waals surface area (Å²) in [5.41, 5.74) is 0. The number of nitrogens with zero attached hydrogens (tertiary/aromatic N) is 2. The molecule has 2 saturated carbocycles. The van der Waals surface area contributed by atoms with E-state index in [0.29, 0.717) is 38.5 Å². The van der Waals surface area contributed by atoms with Crippen molar-refractivity contribution < 1.29 is 30.0 Å². The summed E-state index contributed by atoms with van der Waals surface area (Å²) in [5, 5.41) is 42.4. The molecule has 2 bridgehead atoms. The van der Waals surface area contributed by atoms with Crippen LogP contribution in [0.25, 0.3) is 0 Å². The second-order valence-electron chi connectivity index (χ2n) is 9.23. The Morgan fingerprint density at radius 3 is 1.43 bits per heavy atom. The fraction of sp³-hybridized carbons (Fsp3) is 0.889. The van der Waals surface area contributed by atoms with Crippen LogP contribution in [-0.2, 0) is 9.59 Å². The van der Waals surface area contributed by atoms with E-state index in [1.54, 1.807) is 9.80 Å². The van der Waals surface area contributed by atoms with E-state index in [0.717, 1.165) is 0 Å². The normalized spacial score (nSPS) is 57.1. The number of piperazine rings is 1. The number of aliphatic hydroxyl groups excluding tert-OH is 4. The molecule has 10 heteroatoms. The predicted molar refractivity (Wildman–Crippen MR) is 101 cm³/mol. The van der Waals surface area contributed by atoms with Gasteiger partial charge in [0, 0.05) is 11.8 Å². The molecule has 0 radical (unpaired) electrons. The largest absolute Gasteiger partial charge is 0.393 e. The summed E-state index contributed by atoms with van der Waals surface area (Å²) in [4.78, 5) is 28.5.